The zero-order valence-corrected chi connectivity index (χ0v) is 18.5. The Balaban J connectivity index is 1.71. The molecule has 160 valence electrons. The van der Waals surface area contributed by atoms with Crippen LogP contribution in [0.2, 0.25) is 0 Å². The first-order chi connectivity index (χ1) is 14.5. The molecule has 0 bridgehead atoms. The molecule has 1 aliphatic rings. The Morgan fingerprint density at radius 2 is 2.17 bits per heavy atom. The maximum atomic E-state index is 13.4. The van der Waals surface area contributed by atoms with Gasteiger partial charge in [-0.1, -0.05) is 24.6 Å². The zero-order chi connectivity index (χ0) is 21.5. The Bertz CT molecular complexity index is 902. The van der Waals surface area contributed by atoms with Gasteiger partial charge < -0.3 is 9.64 Å². The summed E-state index contributed by atoms with van der Waals surface area (Å²) in [6.45, 7) is 5.90. The Hall–Kier alpha value is -2.41. The fraction of sp³-hybridized carbons (Fsp3) is 0.435. The SMILES string of the molecule is CCSC(=NC)c1ccc(C)cc1C(=O)N1CCCC(COc2ccc(F)cn2)C1. The van der Waals surface area contributed by atoms with E-state index in [1.807, 2.05) is 30.0 Å². The van der Waals surface area contributed by atoms with Crippen LogP contribution in [0.3, 0.4) is 0 Å². The highest BCUT2D eigenvalue weighted by atomic mass is 32.2. The number of hydrogen-bond acceptors (Lipinski definition) is 5. The van der Waals surface area contributed by atoms with Crippen molar-refractivity contribution in [1.82, 2.24) is 9.88 Å². The minimum absolute atomic E-state index is 0.0381. The molecule has 5 nitrogen and oxygen atoms in total. The molecule has 1 amide bonds. The van der Waals surface area contributed by atoms with E-state index in [1.54, 1.807) is 18.8 Å². The summed E-state index contributed by atoms with van der Waals surface area (Å²) in [5, 5.41) is 0.889. The summed E-state index contributed by atoms with van der Waals surface area (Å²) in [6.07, 6.45) is 3.06. The molecule has 2 aromatic rings. The normalized spacial score (nSPS) is 17.1. The maximum absolute atomic E-state index is 13.4. The number of likely N-dealkylation sites (tertiary alicyclic amines) is 1. The third-order valence-corrected chi connectivity index (χ3v) is 6.06. The summed E-state index contributed by atoms with van der Waals surface area (Å²) in [5.41, 5.74) is 2.66. The molecule has 30 heavy (non-hydrogen) atoms. The fourth-order valence-electron chi connectivity index (χ4n) is 3.63. The maximum Gasteiger partial charge on any atom is 0.254 e. The number of aliphatic imine (C=N–C) groups is 1. The van der Waals surface area contributed by atoms with Crippen molar-refractivity contribution in [3.8, 4) is 5.88 Å². The number of hydrogen-bond donors (Lipinski definition) is 0. The van der Waals surface area contributed by atoms with Crippen molar-refractivity contribution in [2.45, 2.75) is 26.7 Å². The average molecular weight is 430 g/mol. The molecule has 2 heterocycles. The summed E-state index contributed by atoms with van der Waals surface area (Å²) >= 11 is 1.65. The number of aryl methyl sites for hydroxylation is 1. The van der Waals surface area contributed by atoms with Crippen LogP contribution in [-0.2, 0) is 0 Å². The second-order valence-electron chi connectivity index (χ2n) is 7.40. The van der Waals surface area contributed by atoms with E-state index in [2.05, 4.69) is 16.9 Å². The lowest BCUT2D eigenvalue weighted by atomic mass is 9.97. The van der Waals surface area contributed by atoms with Crippen LogP contribution in [0.4, 0.5) is 4.39 Å². The molecular weight excluding hydrogens is 401 g/mol. The van der Waals surface area contributed by atoms with E-state index < -0.39 is 0 Å². The van der Waals surface area contributed by atoms with E-state index >= 15 is 0 Å². The number of ether oxygens (including phenoxy) is 1. The lowest BCUT2D eigenvalue weighted by Crippen LogP contribution is -2.42. The smallest absolute Gasteiger partial charge is 0.254 e. The van der Waals surface area contributed by atoms with Crippen molar-refractivity contribution in [1.29, 1.82) is 0 Å². The van der Waals surface area contributed by atoms with Crippen molar-refractivity contribution in [3.05, 3.63) is 59.0 Å². The monoisotopic (exact) mass is 429 g/mol. The molecule has 1 fully saturated rings. The van der Waals surface area contributed by atoms with E-state index in [-0.39, 0.29) is 17.6 Å². The second kappa shape index (κ2) is 10.6. The van der Waals surface area contributed by atoms with Crippen molar-refractivity contribution in [3.63, 3.8) is 0 Å². The van der Waals surface area contributed by atoms with Crippen molar-refractivity contribution in [2.75, 3.05) is 32.5 Å². The molecule has 1 atom stereocenters. The fourth-order valence-corrected chi connectivity index (χ4v) is 4.36. The van der Waals surface area contributed by atoms with Gasteiger partial charge in [-0.15, -0.1) is 11.8 Å². The quantitative estimate of drug-likeness (QED) is 0.498. The van der Waals surface area contributed by atoms with Crippen LogP contribution in [0.5, 0.6) is 5.88 Å². The van der Waals surface area contributed by atoms with Crippen molar-refractivity contribution >= 4 is 22.7 Å². The Labute approximate surface area is 181 Å². The lowest BCUT2D eigenvalue weighted by molar-refractivity contribution is 0.0631. The minimum Gasteiger partial charge on any atom is -0.477 e. The highest BCUT2D eigenvalue weighted by Crippen LogP contribution is 2.24. The number of rotatable bonds is 6. The van der Waals surface area contributed by atoms with E-state index in [1.165, 1.54) is 12.1 Å². The Morgan fingerprint density at radius 3 is 2.87 bits per heavy atom. The predicted molar refractivity (Wildman–Crippen MR) is 120 cm³/mol. The van der Waals surface area contributed by atoms with Crippen LogP contribution in [0.1, 0.15) is 41.3 Å². The number of halogens is 1. The summed E-state index contributed by atoms with van der Waals surface area (Å²) < 4.78 is 18.7. The highest BCUT2D eigenvalue weighted by Gasteiger charge is 2.27. The molecule has 0 radical (unpaired) electrons. The molecule has 1 aliphatic heterocycles. The zero-order valence-electron chi connectivity index (χ0n) is 17.7. The third kappa shape index (κ3) is 5.59. The molecule has 0 saturated carbocycles. The van der Waals surface area contributed by atoms with Crippen molar-refractivity contribution in [2.24, 2.45) is 10.9 Å². The van der Waals surface area contributed by atoms with Crippen LogP contribution in [-0.4, -0.2) is 53.3 Å². The predicted octanol–water partition coefficient (Wildman–Crippen LogP) is 4.59. The summed E-state index contributed by atoms with van der Waals surface area (Å²) in [6, 6.07) is 8.84. The molecule has 0 N–H and O–H groups in total. The molecule has 7 heteroatoms. The van der Waals surface area contributed by atoms with Gasteiger partial charge in [0, 0.05) is 43.2 Å². The van der Waals surface area contributed by atoms with E-state index in [0.717, 1.165) is 47.5 Å². The van der Waals surface area contributed by atoms with Gasteiger partial charge in [-0.2, -0.15) is 0 Å². The largest absolute Gasteiger partial charge is 0.477 e. The van der Waals surface area contributed by atoms with Crippen LogP contribution >= 0.6 is 11.8 Å². The standard InChI is InChI=1S/C23H28FN3O2S/c1-4-30-22(25-3)19-9-7-16(2)12-20(19)23(28)27-11-5-6-17(14-27)15-29-21-10-8-18(24)13-26-21/h7-10,12-13,17H,4-6,11,14-15H2,1-3H3. The summed E-state index contributed by atoms with van der Waals surface area (Å²) in [5.74, 6) is 1.17. The number of pyridine rings is 1. The lowest BCUT2D eigenvalue weighted by Gasteiger charge is -2.33. The van der Waals surface area contributed by atoms with Gasteiger partial charge in [0.05, 0.1) is 17.8 Å². The number of carbonyl (C=O) groups is 1. The first-order valence-corrected chi connectivity index (χ1v) is 11.2. The van der Waals surface area contributed by atoms with Gasteiger partial charge in [0.25, 0.3) is 5.91 Å². The number of aromatic nitrogens is 1. The highest BCUT2D eigenvalue weighted by molar-refractivity contribution is 8.14. The van der Waals surface area contributed by atoms with Crippen LogP contribution in [0.15, 0.2) is 41.5 Å². The van der Waals surface area contributed by atoms with E-state index in [0.29, 0.717) is 24.6 Å². The molecule has 1 unspecified atom stereocenters. The molecule has 1 aromatic heterocycles. The van der Waals surface area contributed by atoms with Crippen LogP contribution in [0, 0.1) is 18.7 Å². The van der Waals surface area contributed by atoms with E-state index in [9.17, 15) is 9.18 Å². The number of benzene rings is 1. The number of piperidine rings is 1. The third-order valence-electron chi connectivity index (χ3n) is 5.09. The van der Waals surface area contributed by atoms with Gasteiger partial charge >= 0.3 is 0 Å². The second-order valence-corrected chi connectivity index (χ2v) is 8.65. The summed E-state index contributed by atoms with van der Waals surface area (Å²) in [7, 11) is 1.77. The van der Waals surface area contributed by atoms with Gasteiger partial charge in [-0.3, -0.25) is 9.79 Å². The van der Waals surface area contributed by atoms with Gasteiger partial charge in [0.15, 0.2) is 0 Å². The van der Waals surface area contributed by atoms with Gasteiger partial charge in [-0.25, -0.2) is 9.37 Å². The molecular formula is C23H28FN3O2S. The number of amides is 1. The number of nitrogens with zero attached hydrogens (tertiary/aromatic N) is 3. The molecule has 0 aliphatic carbocycles. The number of carbonyl (C=O) groups excluding carboxylic acids is 1. The summed E-state index contributed by atoms with van der Waals surface area (Å²) in [4.78, 5) is 23.7. The van der Waals surface area contributed by atoms with Crippen molar-refractivity contribution < 1.29 is 13.9 Å². The Kier molecular flexibility index (Phi) is 7.85. The minimum atomic E-state index is -0.387. The molecule has 0 spiro atoms. The molecule has 3 rings (SSSR count). The van der Waals surface area contributed by atoms with Gasteiger partial charge in [0.2, 0.25) is 5.88 Å². The number of thioether (sulfide) groups is 1. The average Bonchev–Trinajstić information content (AvgIpc) is 2.77. The molecule has 1 aromatic carbocycles. The first kappa shape index (κ1) is 22.3. The Morgan fingerprint density at radius 1 is 1.33 bits per heavy atom. The van der Waals surface area contributed by atoms with Crippen LogP contribution in [0.25, 0.3) is 0 Å². The van der Waals surface area contributed by atoms with E-state index in [4.69, 9.17) is 4.74 Å². The molecule has 1 saturated heterocycles. The topological polar surface area (TPSA) is 54.8 Å². The van der Waals surface area contributed by atoms with Crippen LogP contribution < -0.4 is 4.74 Å². The van der Waals surface area contributed by atoms with Gasteiger partial charge in [-0.05, 0) is 37.7 Å². The van der Waals surface area contributed by atoms with Gasteiger partial charge in [0.1, 0.15) is 5.82 Å². The first-order valence-electron chi connectivity index (χ1n) is 10.3.